The monoisotopic (exact) mass is 252 g/mol. The average molecular weight is 252 g/mol. The fourth-order valence-corrected chi connectivity index (χ4v) is 2.30. The molecule has 2 nitrogen and oxygen atoms in total. The summed E-state index contributed by atoms with van der Waals surface area (Å²) in [7, 11) is 0. The topological polar surface area (TPSA) is 26.3 Å². The van der Waals surface area contributed by atoms with E-state index in [4.69, 9.17) is 4.74 Å². The Morgan fingerprint density at radius 3 is 2.76 bits per heavy atom. The fourth-order valence-electron chi connectivity index (χ4n) is 1.53. The smallest absolute Gasteiger partial charge is 0.176 e. The maximum atomic E-state index is 12.1. The fraction of sp³-hybridized carbons (Fsp3) is 0.500. The Morgan fingerprint density at radius 2 is 2.12 bits per heavy atom. The van der Waals surface area contributed by atoms with E-state index in [0.717, 1.165) is 23.3 Å². The van der Waals surface area contributed by atoms with E-state index >= 15 is 0 Å². The van der Waals surface area contributed by atoms with E-state index in [9.17, 15) is 4.79 Å². The Kier molecular flexibility index (Phi) is 6.12. The van der Waals surface area contributed by atoms with Crippen molar-refractivity contribution in [2.24, 2.45) is 0 Å². The summed E-state index contributed by atoms with van der Waals surface area (Å²) in [5.74, 6) is 2.44. The summed E-state index contributed by atoms with van der Waals surface area (Å²) in [6.07, 6.45) is 1.10. The molecule has 1 aromatic carbocycles. The first kappa shape index (κ1) is 14.1. The molecule has 0 saturated carbocycles. The molecular weight excluding hydrogens is 232 g/mol. The lowest BCUT2D eigenvalue weighted by Crippen LogP contribution is -2.07. The molecule has 0 aromatic heterocycles. The Hall–Kier alpha value is -0.960. The van der Waals surface area contributed by atoms with Crippen LogP contribution in [0.4, 0.5) is 0 Å². The van der Waals surface area contributed by atoms with Crippen molar-refractivity contribution in [3.05, 3.63) is 29.3 Å². The van der Waals surface area contributed by atoms with Gasteiger partial charge in [0.1, 0.15) is 5.75 Å². The summed E-state index contributed by atoms with van der Waals surface area (Å²) in [4.78, 5) is 12.1. The first-order chi connectivity index (χ1) is 8.19. The maximum Gasteiger partial charge on any atom is 0.176 e. The molecule has 0 saturated heterocycles. The summed E-state index contributed by atoms with van der Waals surface area (Å²) >= 11 is 1.68. The molecule has 0 bridgehead atoms. The van der Waals surface area contributed by atoms with Crippen molar-refractivity contribution in [1.82, 2.24) is 0 Å². The minimum absolute atomic E-state index is 0.163. The second-order valence-corrected chi connectivity index (χ2v) is 5.01. The summed E-state index contributed by atoms with van der Waals surface area (Å²) in [5.41, 5.74) is 1.81. The van der Waals surface area contributed by atoms with Crippen molar-refractivity contribution in [3.8, 4) is 5.75 Å². The van der Waals surface area contributed by atoms with Crippen molar-refractivity contribution in [3.63, 3.8) is 0 Å². The molecule has 1 aromatic rings. The zero-order chi connectivity index (χ0) is 12.7. The van der Waals surface area contributed by atoms with Gasteiger partial charge in [-0.3, -0.25) is 4.79 Å². The number of rotatable bonds is 7. The number of hydrogen-bond acceptors (Lipinski definition) is 3. The normalized spacial score (nSPS) is 10.3. The summed E-state index contributed by atoms with van der Waals surface area (Å²) < 4.78 is 5.49. The zero-order valence-electron chi connectivity index (χ0n) is 10.8. The van der Waals surface area contributed by atoms with Crippen molar-refractivity contribution >= 4 is 17.5 Å². The third-order valence-corrected chi connectivity index (χ3v) is 3.48. The molecule has 0 heterocycles. The predicted octanol–water partition coefficient (Wildman–Crippen LogP) is 3.72. The van der Waals surface area contributed by atoms with Gasteiger partial charge in [-0.05, 0) is 38.2 Å². The van der Waals surface area contributed by atoms with Gasteiger partial charge >= 0.3 is 0 Å². The van der Waals surface area contributed by atoms with Crippen LogP contribution in [0.1, 0.15) is 36.2 Å². The van der Waals surface area contributed by atoms with E-state index in [2.05, 4.69) is 6.92 Å². The number of ketones is 1. The Labute approximate surface area is 108 Å². The van der Waals surface area contributed by atoms with E-state index in [1.165, 1.54) is 0 Å². The minimum atomic E-state index is 0.163. The molecule has 0 spiro atoms. The van der Waals surface area contributed by atoms with Crippen molar-refractivity contribution in [2.75, 3.05) is 18.1 Å². The lowest BCUT2D eigenvalue weighted by Gasteiger charge is -2.10. The second-order valence-electron chi connectivity index (χ2n) is 3.91. The van der Waals surface area contributed by atoms with E-state index in [1.807, 2.05) is 32.0 Å². The Balaban J connectivity index is 2.78. The standard InChI is InChI=1S/C14H20O2S/c1-4-8-17-10-13(15)12-9-11(3)6-7-14(12)16-5-2/h6-7,9H,4-5,8,10H2,1-3H3. The van der Waals surface area contributed by atoms with Crippen LogP contribution in [0.25, 0.3) is 0 Å². The Morgan fingerprint density at radius 1 is 1.35 bits per heavy atom. The van der Waals surface area contributed by atoms with Gasteiger partial charge in [0.05, 0.1) is 17.9 Å². The number of carbonyl (C=O) groups is 1. The average Bonchev–Trinajstić information content (AvgIpc) is 2.32. The molecule has 1 rings (SSSR count). The van der Waals surface area contributed by atoms with Crippen LogP contribution in [0.2, 0.25) is 0 Å². The van der Waals surface area contributed by atoms with Crippen LogP contribution < -0.4 is 4.74 Å². The van der Waals surface area contributed by atoms with Crippen LogP contribution in [0, 0.1) is 6.92 Å². The van der Waals surface area contributed by atoms with Crippen molar-refractivity contribution in [1.29, 1.82) is 0 Å². The zero-order valence-corrected chi connectivity index (χ0v) is 11.6. The van der Waals surface area contributed by atoms with Gasteiger partial charge in [0.15, 0.2) is 5.78 Å². The highest BCUT2D eigenvalue weighted by Crippen LogP contribution is 2.22. The summed E-state index contributed by atoms with van der Waals surface area (Å²) in [6.45, 7) is 6.63. The number of carbonyl (C=O) groups excluding carboxylic acids is 1. The van der Waals surface area contributed by atoms with Crippen molar-refractivity contribution < 1.29 is 9.53 Å². The molecule has 3 heteroatoms. The lowest BCUT2D eigenvalue weighted by atomic mass is 10.1. The van der Waals surface area contributed by atoms with Gasteiger partial charge < -0.3 is 4.74 Å². The van der Waals surface area contributed by atoms with Crippen LogP contribution >= 0.6 is 11.8 Å². The number of ether oxygens (including phenoxy) is 1. The largest absolute Gasteiger partial charge is 0.493 e. The molecule has 0 atom stereocenters. The third-order valence-electron chi connectivity index (χ3n) is 2.32. The van der Waals surface area contributed by atoms with Crippen LogP contribution in [-0.4, -0.2) is 23.9 Å². The summed E-state index contributed by atoms with van der Waals surface area (Å²) in [5, 5.41) is 0. The SMILES string of the molecule is CCCSCC(=O)c1cc(C)ccc1OCC. The van der Waals surface area contributed by atoms with Gasteiger partial charge in [-0.15, -0.1) is 0 Å². The molecule has 94 valence electrons. The molecule has 0 aliphatic heterocycles. The van der Waals surface area contributed by atoms with E-state index in [0.29, 0.717) is 18.1 Å². The molecule has 0 aliphatic rings. The second kappa shape index (κ2) is 7.38. The Bertz CT molecular complexity index is 374. The molecule has 17 heavy (non-hydrogen) atoms. The van der Waals surface area contributed by atoms with Crippen LogP contribution in [0.15, 0.2) is 18.2 Å². The predicted molar refractivity (Wildman–Crippen MR) is 74.3 cm³/mol. The van der Waals surface area contributed by atoms with Crippen molar-refractivity contribution in [2.45, 2.75) is 27.2 Å². The van der Waals surface area contributed by atoms with Crippen LogP contribution in [-0.2, 0) is 0 Å². The summed E-state index contributed by atoms with van der Waals surface area (Å²) in [6, 6.07) is 5.78. The molecule has 0 radical (unpaired) electrons. The molecule has 0 N–H and O–H groups in total. The highest BCUT2D eigenvalue weighted by atomic mass is 32.2. The molecule has 0 amide bonds. The van der Waals surface area contributed by atoms with Gasteiger partial charge in [0.2, 0.25) is 0 Å². The van der Waals surface area contributed by atoms with Gasteiger partial charge in [-0.25, -0.2) is 0 Å². The number of hydrogen-bond donors (Lipinski definition) is 0. The number of Topliss-reactive ketones (excluding diaryl/α,β-unsaturated/α-hetero) is 1. The van der Waals surface area contributed by atoms with Gasteiger partial charge in [-0.2, -0.15) is 11.8 Å². The number of aryl methyl sites for hydroxylation is 1. The highest BCUT2D eigenvalue weighted by Gasteiger charge is 2.12. The number of benzene rings is 1. The molecule has 0 fully saturated rings. The highest BCUT2D eigenvalue weighted by molar-refractivity contribution is 7.99. The van der Waals surface area contributed by atoms with Crippen LogP contribution in [0.3, 0.4) is 0 Å². The lowest BCUT2D eigenvalue weighted by molar-refractivity contribution is 0.101. The number of thioether (sulfide) groups is 1. The van der Waals surface area contributed by atoms with Gasteiger partial charge in [0, 0.05) is 0 Å². The quantitative estimate of drug-likeness (QED) is 0.546. The molecule has 0 aliphatic carbocycles. The molecule has 0 unspecified atom stereocenters. The first-order valence-electron chi connectivity index (χ1n) is 6.03. The van der Waals surface area contributed by atoms with Gasteiger partial charge in [-0.1, -0.05) is 18.6 Å². The minimum Gasteiger partial charge on any atom is -0.493 e. The van der Waals surface area contributed by atoms with Gasteiger partial charge in [0.25, 0.3) is 0 Å². The molecular formula is C14H20O2S. The van der Waals surface area contributed by atoms with Crippen LogP contribution in [0.5, 0.6) is 5.75 Å². The van der Waals surface area contributed by atoms with E-state index in [-0.39, 0.29) is 5.78 Å². The van der Waals surface area contributed by atoms with E-state index < -0.39 is 0 Å². The maximum absolute atomic E-state index is 12.1. The first-order valence-corrected chi connectivity index (χ1v) is 7.18. The third kappa shape index (κ3) is 4.43. The van der Waals surface area contributed by atoms with E-state index in [1.54, 1.807) is 11.8 Å².